The minimum absolute atomic E-state index is 0.00777. The van der Waals surface area contributed by atoms with Gasteiger partial charge in [0.05, 0.1) is 11.1 Å². The number of aryl methyl sites for hydroxylation is 2. The third kappa shape index (κ3) is 5.74. The average molecular weight is 459 g/mol. The first kappa shape index (κ1) is 23.0. The Morgan fingerprint density at radius 1 is 1.19 bits per heavy atom. The fraction of sp³-hybridized carbons (Fsp3) is 0.364. The molecule has 0 unspecified atom stereocenters. The molecule has 0 aliphatic rings. The molecule has 0 atom stereocenters. The number of carbonyl (C=O) groups excluding carboxylic acids is 2. The van der Waals surface area contributed by atoms with Crippen LogP contribution in [0.4, 0.5) is 4.79 Å². The largest absolute Gasteiger partial charge is 0.334 e. The number of rotatable bonds is 8. The van der Waals surface area contributed by atoms with E-state index >= 15 is 0 Å². The van der Waals surface area contributed by atoms with Crippen molar-refractivity contribution >= 4 is 45.3 Å². The molecule has 0 radical (unpaired) electrons. The number of benzene rings is 1. The summed E-state index contributed by atoms with van der Waals surface area (Å²) in [7, 11) is 0. The Kier molecular flexibility index (Phi) is 7.86. The maximum Gasteiger partial charge on any atom is 0.321 e. The van der Waals surface area contributed by atoms with Crippen LogP contribution in [0.5, 0.6) is 0 Å². The number of urea groups is 1. The molecule has 2 heterocycles. The van der Waals surface area contributed by atoms with E-state index in [9.17, 15) is 14.4 Å². The number of hydrogen-bond acceptors (Lipinski definition) is 6. The van der Waals surface area contributed by atoms with Gasteiger partial charge in [-0.25, -0.2) is 9.78 Å². The van der Waals surface area contributed by atoms with Gasteiger partial charge in [-0.05, 0) is 31.4 Å². The lowest BCUT2D eigenvalue weighted by Gasteiger charge is -2.12. The number of nitrogens with one attached hydrogen (secondary N) is 2. The van der Waals surface area contributed by atoms with Crippen LogP contribution >= 0.6 is 23.1 Å². The zero-order chi connectivity index (χ0) is 22.4. The summed E-state index contributed by atoms with van der Waals surface area (Å²) in [6.45, 7) is 6.86. The first-order valence-corrected chi connectivity index (χ1v) is 12.0. The molecule has 9 heteroatoms. The zero-order valence-corrected chi connectivity index (χ0v) is 19.5. The van der Waals surface area contributed by atoms with Crippen molar-refractivity contribution in [1.29, 1.82) is 0 Å². The van der Waals surface area contributed by atoms with Crippen LogP contribution in [-0.4, -0.2) is 27.2 Å². The molecule has 2 N–H and O–H groups in total. The Labute approximate surface area is 189 Å². The van der Waals surface area contributed by atoms with Crippen molar-refractivity contribution in [3.05, 3.63) is 56.7 Å². The number of thiophene rings is 1. The second-order valence-electron chi connectivity index (χ2n) is 7.17. The van der Waals surface area contributed by atoms with Crippen LogP contribution in [0.3, 0.4) is 0 Å². The highest BCUT2D eigenvalue weighted by Gasteiger charge is 2.18. The van der Waals surface area contributed by atoms with Crippen molar-refractivity contribution in [3.63, 3.8) is 0 Å². The van der Waals surface area contributed by atoms with Gasteiger partial charge < -0.3 is 5.32 Å². The minimum Gasteiger partial charge on any atom is -0.334 e. The summed E-state index contributed by atoms with van der Waals surface area (Å²) in [5, 5.41) is 6.15. The normalized spacial score (nSPS) is 10.9. The summed E-state index contributed by atoms with van der Waals surface area (Å²) in [6.07, 6.45) is 1.79. The lowest BCUT2D eigenvalue weighted by Crippen LogP contribution is -2.40. The minimum atomic E-state index is -0.550. The second-order valence-corrected chi connectivity index (χ2v) is 9.32. The number of fused-ring (bicyclic) bond motifs is 1. The molecule has 1 aromatic carbocycles. The first-order valence-electron chi connectivity index (χ1n) is 10.2. The van der Waals surface area contributed by atoms with Crippen LogP contribution in [0.1, 0.15) is 35.8 Å². The Hall–Kier alpha value is -2.65. The molecule has 0 bridgehead atoms. The van der Waals surface area contributed by atoms with Gasteiger partial charge in [0.15, 0.2) is 5.16 Å². The predicted octanol–water partition coefficient (Wildman–Crippen LogP) is 3.99. The van der Waals surface area contributed by atoms with E-state index in [-0.39, 0.29) is 11.3 Å². The van der Waals surface area contributed by atoms with E-state index in [0.717, 1.165) is 28.8 Å². The maximum atomic E-state index is 13.1. The summed E-state index contributed by atoms with van der Waals surface area (Å²) in [5.74, 6) is -0.447. The van der Waals surface area contributed by atoms with Crippen molar-refractivity contribution in [2.75, 3.05) is 5.75 Å². The number of carbonyl (C=O) groups is 2. The van der Waals surface area contributed by atoms with E-state index < -0.39 is 11.9 Å². The number of aromatic nitrogens is 2. The van der Waals surface area contributed by atoms with Gasteiger partial charge in [-0.3, -0.25) is 19.5 Å². The molecule has 3 rings (SSSR count). The zero-order valence-electron chi connectivity index (χ0n) is 17.9. The monoisotopic (exact) mass is 458 g/mol. The van der Waals surface area contributed by atoms with Gasteiger partial charge in [0.25, 0.3) is 5.56 Å². The van der Waals surface area contributed by atoms with Crippen molar-refractivity contribution < 1.29 is 9.59 Å². The summed E-state index contributed by atoms with van der Waals surface area (Å²) >= 11 is 2.66. The van der Waals surface area contributed by atoms with Gasteiger partial charge in [0.1, 0.15) is 4.83 Å². The van der Waals surface area contributed by atoms with E-state index in [4.69, 9.17) is 0 Å². The van der Waals surface area contributed by atoms with Crippen molar-refractivity contribution in [1.82, 2.24) is 20.2 Å². The fourth-order valence-electron chi connectivity index (χ4n) is 3.05. The number of nitrogens with zero attached hydrogens (tertiary/aromatic N) is 2. The Balaban J connectivity index is 1.67. The van der Waals surface area contributed by atoms with Crippen LogP contribution in [0.15, 0.2) is 40.3 Å². The molecule has 0 aliphatic carbocycles. The maximum absolute atomic E-state index is 13.1. The highest BCUT2D eigenvalue weighted by Crippen LogP contribution is 2.28. The van der Waals surface area contributed by atoms with Crippen LogP contribution in [0, 0.1) is 13.8 Å². The van der Waals surface area contributed by atoms with Crippen molar-refractivity contribution in [2.24, 2.45) is 0 Å². The molecule has 31 heavy (non-hydrogen) atoms. The topological polar surface area (TPSA) is 93.1 Å². The molecular weight excluding hydrogens is 432 g/mol. The van der Waals surface area contributed by atoms with Gasteiger partial charge in [0, 0.05) is 18.0 Å². The van der Waals surface area contributed by atoms with Gasteiger partial charge in [-0.15, -0.1) is 11.3 Å². The molecule has 0 aliphatic heterocycles. The average Bonchev–Trinajstić information content (AvgIpc) is 3.04. The molecule has 2 aromatic heterocycles. The molecule has 0 saturated carbocycles. The standard InChI is InChI=1S/C22H26N4O3S2/c1-4-5-11-26-20(28)18-14(2)15(3)31-19(18)25-22(26)30-13-17(27)24-21(29)23-12-16-9-7-6-8-10-16/h6-10H,4-5,11-13H2,1-3H3,(H2,23,24,27,29). The van der Waals surface area contributed by atoms with E-state index in [0.29, 0.717) is 28.5 Å². The third-order valence-electron chi connectivity index (χ3n) is 4.87. The van der Waals surface area contributed by atoms with Gasteiger partial charge in [-0.1, -0.05) is 55.4 Å². The number of unbranched alkanes of at least 4 members (excludes halogenated alkanes) is 1. The Bertz CT molecular complexity index is 1140. The van der Waals surface area contributed by atoms with Crippen LogP contribution in [0.25, 0.3) is 10.2 Å². The SMILES string of the molecule is CCCCn1c(SCC(=O)NC(=O)NCc2ccccc2)nc2sc(C)c(C)c2c1=O. The van der Waals surface area contributed by atoms with E-state index in [1.807, 2.05) is 44.2 Å². The molecule has 3 amide bonds. The van der Waals surface area contributed by atoms with E-state index in [2.05, 4.69) is 22.5 Å². The summed E-state index contributed by atoms with van der Waals surface area (Å²) in [4.78, 5) is 43.8. The Morgan fingerprint density at radius 3 is 2.65 bits per heavy atom. The predicted molar refractivity (Wildman–Crippen MR) is 126 cm³/mol. The second kappa shape index (κ2) is 10.6. The lowest BCUT2D eigenvalue weighted by molar-refractivity contribution is -0.117. The van der Waals surface area contributed by atoms with Crippen molar-refractivity contribution in [3.8, 4) is 0 Å². The van der Waals surface area contributed by atoms with E-state index in [1.54, 1.807) is 4.57 Å². The van der Waals surface area contributed by atoms with Gasteiger partial charge in [-0.2, -0.15) is 0 Å². The summed E-state index contributed by atoms with van der Waals surface area (Å²) in [6, 6.07) is 8.90. The smallest absolute Gasteiger partial charge is 0.321 e. The molecule has 0 saturated heterocycles. The number of hydrogen-bond donors (Lipinski definition) is 2. The van der Waals surface area contributed by atoms with Crippen LogP contribution in [-0.2, 0) is 17.9 Å². The fourth-order valence-corrected chi connectivity index (χ4v) is 4.94. The molecule has 3 aromatic rings. The highest BCUT2D eigenvalue weighted by atomic mass is 32.2. The van der Waals surface area contributed by atoms with Crippen molar-refractivity contribution in [2.45, 2.75) is 51.9 Å². The third-order valence-corrected chi connectivity index (χ3v) is 6.95. The Morgan fingerprint density at radius 2 is 1.94 bits per heavy atom. The number of thioether (sulfide) groups is 1. The van der Waals surface area contributed by atoms with E-state index in [1.165, 1.54) is 23.1 Å². The number of amides is 3. The quantitative estimate of drug-likeness (QED) is 0.393. The molecule has 164 valence electrons. The van der Waals surface area contributed by atoms with Gasteiger partial charge in [0.2, 0.25) is 5.91 Å². The highest BCUT2D eigenvalue weighted by molar-refractivity contribution is 7.99. The summed E-state index contributed by atoms with van der Waals surface area (Å²) < 4.78 is 1.65. The first-order chi connectivity index (χ1) is 14.9. The molecule has 0 spiro atoms. The molecule has 0 fully saturated rings. The van der Waals surface area contributed by atoms with Crippen LogP contribution in [0.2, 0.25) is 0 Å². The lowest BCUT2D eigenvalue weighted by atomic mass is 10.2. The molecular formula is C22H26N4O3S2. The molecule has 7 nitrogen and oxygen atoms in total. The summed E-state index contributed by atoms with van der Waals surface area (Å²) in [5.41, 5.74) is 1.84. The number of imide groups is 1. The van der Waals surface area contributed by atoms with Gasteiger partial charge >= 0.3 is 6.03 Å². The van der Waals surface area contributed by atoms with Crippen LogP contribution < -0.4 is 16.2 Å².